The van der Waals surface area contributed by atoms with Crippen molar-refractivity contribution in [1.82, 2.24) is 10.2 Å². The van der Waals surface area contributed by atoms with Gasteiger partial charge >= 0.3 is 0 Å². The lowest BCUT2D eigenvalue weighted by Crippen LogP contribution is -2.43. The van der Waals surface area contributed by atoms with Crippen LogP contribution in [0.25, 0.3) is 0 Å². The van der Waals surface area contributed by atoms with Gasteiger partial charge in [0.05, 0.1) is 5.75 Å². The number of hydrogen-bond acceptors (Lipinski definition) is 4. The highest BCUT2D eigenvalue weighted by Gasteiger charge is 2.30. The van der Waals surface area contributed by atoms with Gasteiger partial charge in [-0.1, -0.05) is 6.08 Å². The quantitative estimate of drug-likeness (QED) is 0.711. The van der Waals surface area contributed by atoms with Gasteiger partial charge in [-0.25, -0.2) is 8.42 Å². The first kappa shape index (κ1) is 14.2. The van der Waals surface area contributed by atoms with Crippen molar-refractivity contribution in [1.29, 1.82) is 0 Å². The van der Waals surface area contributed by atoms with E-state index in [1.165, 1.54) is 13.0 Å². The molecular weight excluding hydrogens is 240 g/mol. The molecule has 1 atom stereocenters. The molecule has 98 valence electrons. The van der Waals surface area contributed by atoms with E-state index in [1.807, 2.05) is 0 Å². The molecule has 0 saturated carbocycles. The van der Waals surface area contributed by atoms with E-state index in [-0.39, 0.29) is 11.7 Å². The molecule has 0 spiro atoms. The molecule has 1 rings (SSSR count). The Bertz CT molecular complexity index is 370. The minimum absolute atomic E-state index is 0.147. The summed E-state index contributed by atoms with van der Waals surface area (Å²) in [6.07, 6.45) is 2.18. The van der Waals surface area contributed by atoms with Gasteiger partial charge in [-0.3, -0.25) is 4.79 Å². The van der Waals surface area contributed by atoms with Crippen molar-refractivity contribution >= 4 is 15.7 Å². The molecule has 1 amide bonds. The third-order valence-corrected chi connectivity index (χ3v) is 4.87. The number of amides is 1. The second kappa shape index (κ2) is 6.16. The zero-order valence-electron chi connectivity index (χ0n) is 10.2. The fraction of sp³-hybridized carbons (Fsp3) is 0.727. The highest BCUT2D eigenvalue weighted by molar-refractivity contribution is 7.92. The normalized spacial score (nSPS) is 19.5. The second-order valence-electron chi connectivity index (χ2n) is 4.19. The van der Waals surface area contributed by atoms with Crippen LogP contribution in [-0.2, 0) is 14.6 Å². The number of nitrogens with one attached hydrogen (secondary N) is 1. The van der Waals surface area contributed by atoms with Gasteiger partial charge in [0, 0.05) is 19.6 Å². The van der Waals surface area contributed by atoms with E-state index < -0.39 is 15.1 Å². The van der Waals surface area contributed by atoms with Crippen molar-refractivity contribution < 1.29 is 13.2 Å². The van der Waals surface area contributed by atoms with Crippen molar-refractivity contribution in [3.63, 3.8) is 0 Å². The average molecular weight is 260 g/mol. The summed E-state index contributed by atoms with van der Waals surface area (Å²) < 4.78 is 23.5. The Morgan fingerprint density at radius 1 is 1.47 bits per heavy atom. The van der Waals surface area contributed by atoms with Gasteiger partial charge in [0.15, 0.2) is 9.84 Å². The molecule has 5 nitrogen and oxygen atoms in total. The first-order chi connectivity index (χ1) is 7.99. The van der Waals surface area contributed by atoms with Crippen molar-refractivity contribution in [2.45, 2.75) is 18.6 Å². The Hall–Kier alpha value is -0.880. The maximum atomic E-state index is 12.1. The molecule has 1 heterocycles. The molecule has 1 fully saturated rings. The van der Waals surface area contributed by atoms with Crippen LogP contribution < -0.4 is 5.32 Å². The third kappa shape index (κ3) is 3.81. The summed E-state index contributed by atoms with van der Waals surface area (Å²) in [4.78, 5) is 13.7. The molecule has 1 N–H and O–H groups in total. The maximum absolute atomic E-state index is 12.1. The van der Waals surface area contributed by atoms with Crippen LogP contribution in [-0.4, -0.2) is 56.4 Å². The van der Waals surface area contributed by atoms with Crippen LogP contribution in [0.4, 0.5) is 0 Å². The molecule has 0 aromatic carbocycles. The zero-order chi connectivity index (χ0) is 12.9. The zero-order valence-corrected chi connectivity index (χ0v) is 11.0. The van der Waals surface area contributed by atoms with Gasteiger partial charge in [0.1, 0.15) is 5.25 Å². The molecule has 0 radical (unpaired) electrons. The minimum atomic E-state index is -3.40. The Kier molecular flexibility index (Phi) is 5.14. The molecule has 0 aromatic heterocycles. The van der Waals surface area contributed by atoms with Gasteiger partial charge in [-0.2, -0.15) is 0 Å². The molecular formula is C11H20N2O3S. The monoisotopic (exact) mass is 260 g/mol. The van der Waals surface area contributed by atoms with E-state index in [1.54, 1.807) is 4.90 Å². The first-order valence-corrected chi connectivity index (χ1v) is 7.52. The van der Waals surface area contributed by atoms with Crippen molar-refractivity contribution in [3.05, 3.63) is 12.7 Å². The number of hydrogen-bond donors (Lipinski definition) is 1. The molecule has 1 aliphatic rings. The molecule has 0 aromatic rings. The number of rotatable bonds is 4. The lowest BCUT2D eigenvalue weighted by Gasteiger charge is -2.23. The lowest BCUT2D eigenvalue weighted by atomic mass is 10.3. The molecule has 1 saturated heterocycles. The first-order valence-electron chi connectivity index (χ1n) is 5.81. The van der Waals surface area contributed by atoms with Gasteiger partial charge in [-0.15, -0.1) is 6.58 Å². The standard InChI is InChI=1S/C11H20N2O3S/c1-3-9-17(15,16)10(2)11(14)13-7-4-5-12-6-8-13/h3,10,12H,1,4-9H2,2H3. The number of carbonyl (C=O) groups is 1. The lowest BCUT2D eigenvalue weighted by molar-refractivity contribution is -0.130. The van der Waals surface area contributed by atoms with E-state index in [2.05, 4.69) is 11.9 Å². The molecule has 1 aliphatic heterocycles. The largest absolute Gasteiger partial charge is 0.340 e. The van der Waals surface area contributed by atoms with Crippen LogP contribution >= 0.6 is 0 Å². The minimum Gasteiger partial charge on any atom is -0.340 e. The molecule has 0 aliphatic carbocycles. The second-order valence-corrected chi connectivity index (χ2v) is 6.56. The molecule has 6 heteroatoms. The summed E-state index contributed by atoms with van der Waals surface area (Å²) in [7, 11) is -3.40. The van der Waals surface area contributed by atoms with Crippen LogP contribution in [0.15, 0.2) is 12.7 Å². The van der Waals surface area contributed by atoms with E-state index >= 15 is 0 Å². The predicted octanol–water partition coefficient (Wildman–Crippen LogP) is -0.202. The van der Waals surface area contributed by atoms with Crippen LogP contribution in [0.2, 0.25) is 0 Å². The topological polar surface area (TPSA) is 66.5 Å². The van der Waals surface area contributed by atoms with Crippen molar-refractivity contribution in [2.75, 3.05) is 31.9 Å². The summed E-state index contributed by atoms with van der Waals surface area (Å²) in [5.74, 6) is -0.443. The SMILES string of the molecule is C=CCS(=O)(=O)C(C)C(=O)N1CCCNCC1. The smallest absolute Gasteiger partial charge is 0.240 e. The van der Waals surface area contributed by atoms with Crippen LogP contribution in [0.3, 0.4) is 0 Å². The fourth-order valence-corrected chi connectivity index (χ4v) is 2.86. The number of sulfone groups is 1. The summed E-state index contributed by atoms with van der Waals surface area (Å²) in [5.41, 5.74) is 0. The van der Waals surface area contributed by atoms with E-state index in [0.29, 0.717) is 13.1 Å². The van der Waals surface area contributed by atoms with E-state index in [9.17, 15) is 13.2 Å². The highest BCUT2D eigenvalue weighted by Crippen LogP contribution is 2.08. The molecule has 0 bridgehead atoms. The highest BCUT2D eigenvalue weighted by atomic mass is 32.2. The van der Waals surface area contributed by atoms with Crippen LogP contribution in [0.5, 0.6) is 0 Å². The fourth-order valence-electron chi connectivity index (χ4n) is 1.79. The van der Waals surface area contributed by atoms with E-state index in [0.717, 1.165) is 19.5 Å². The van der Waals surface area contributed by atoms with Gasteiger partial charge in [0.25, 0.3) is 0 Å². The molecule has 1 unspecified atom stereocenters. The van der Waals surface area contributed by atoms with E-state index in [4.69, 9.17) is 0 Å². The van der Waals surface area contributed by atoms with Crippen LogP contribution in [0, 0.1) is 0 Å². The van der Waals surface area contributed by atoms with Gasteiger partial charge in [-0.05, 0) is 19.9 Å². The summed E-state index contributed by atoms with van der Waals surface area (Å²) in [6, 6.07) is 0. The predicted molar refractivity (Wildman–Crippen MR) is 67.5 cm³/mol. The summed E-state index contributed by atoms with van der Waals surface area (Å²) >= 11 is 0. The number of carbonyl (C=O) groups excluding carboxylic acids is 1. The van der Waals surface area contributed by atoms with Crippen LogP contribution in [0.1, 0.15) is 13.3 Å². The average Bonchev–Trinajstić information content (AvgIpc) is 2.55. The summed E-state index contributed by atoms with van der Waals surface area (Å²) in [6.45, 7) is 7.65. The third-order valence-electron chi connectivity index (χ3n) is 2.89. The van der Waals surface area contributed by atoms with Crippen molar-refractivity contribution in [2.24, 2.45) is 0 Å². The summed E-state index contributed by atoms with van der Waals surface area (Å²) in [5, 5.41) is 2.20. The van der Waals surface area contributed by atoms with Gasteiger partial charge in [0.2, 0.25) is 5.91 Å². The number of nitrogens with zero attached hydrogens (tertiary/aromatic N) is 1. The van der Waals surface area contributed by atoms with Crippen molar-refractivity contribution in [3.8, 4) is 0 Å². The van der Waals surface area contributed by atoms with Gasteiger partial charge < -0.3 is 10.2 Å². The Labute approximate surface area is 103 Å². The Morgan fingerprint density at radius 3 is 2.82 bits per heavy atom. The molecule has 17 heavy (non-hydrogen) atoms. The Morgan fingerprint density at radius 2 is 2.18 bits per heavy atom. The Balaban J connectivity index is 2.71. The maximum Gasteiger partial charge on any atom is 0.240 e.